The molecule has 0 saturated carbocycles. The van der Waals surface area contributed by atoms with E-state index < -0.39 is 83.7 Å². The second-order valence-corrected chi connectivity index (χ2v) is 15.0. The van der Waals surface area contributed by atoms with E-state index in [2.05, 4.69) is 10.6 Å². The van der Waals surface area contributed by atoms with Crippen molar-refractivity contribution in [1.82, 2.24) is 25.3 Å². The summed E-state index contributed by atoms with van der Waals surface area (Å²) in [4.78, 5) is 100. The molecule has 2 aromatic rings. The minimum absolute atomic E-state index is 0.0326. The van der Waals surface area contributed by atoms with Crippen molar-refractivity contribution in [2.75, 3.05) is 27.2 Å². The Balaban J connectivity index is 1.77. The number of nitrogens with one attached hydrogen (secondary N) is 2. The molecular weight excluding hydrogens is 734 g/mol. The van der Waals surface area contributed by atoms with Gasteiger partial charge in [0.2, 0.25) is 23.8 Å². The Kier molecular flexibility index (Phi) is 15.4. The molecule has 5 amide bonds. The third kappa shape index (κ3) is 11.2. The molecule has 3 N–H and O–H groups in total. The molecule has 308 valence electrons. The lowest BCUT2D eigenvalue weighted by Crippen LogP contribution is -2.62. The van der Waals surface area contributed by atoms with E-state index in [1.54, 1.807) is 68.4 Å². The van der Waals surface area contributed by atoms with Crippen molar-refractivity contribution in [3.8, 4) is 5.75 Å². The van der Waals surface area contributed by atoms with Gasteiger partial charge in [-0.15, -0.1) is 0 Å². The maximum atomic E-state index is 14.4. The van der Waals surface area contributed by atoms with Crippen molar-refractivity contribution in [3.05, 3.63) is 77.4 Å². The van der Waals surface area contributed by atoms with Gasteiger partial charge in [-0.2, -0.15) is 0 Å². The molecular formula is C42H55N5O10. The monoisotopic (exact) mass is 789 g/mol. The summed E-state index contributed by atoms with van der Waals surface area (Å²) >= 11 is 0. The molecule has 2 aliphatic rings. The summed E-state index contributed by atoms with van der Waals surface area (Å²) < 4.78 is 11.6. The lowest BCUT2D eigenvalue weighted by Gasteiger charge is -2.36. The number of rotatable bonds is 10. The number of carboxylic acid groups (broad SMARTS) is 1. The van der Waals surface area contributed by atoms with Crippen molar-refractivity contribution in [2.45, 2.75) is 103 Å². The number of likely N-dealkylation sites (N-methyl/N-ethyl adjacent to an activating group) is 2. The first-order chi connectivity index (χ1) is 27.0. The zero-order valence-electron chi connectivity index (χ0n) is 33.7. The Morgan fingerprint density at radius 1 is 0.895 bits per heavy atom. The molecule has 4 rings (SSSR count). The summed E-state index contributed by atoms with van der Waals surface area (Å²) in [5, 5.41) is 15.3. The maximum Gasteiger partial charge on any atom is 0.336 e. The molecule has 2 aliphatic heterocycles. The quantitative estimate of drug-likeness (QED) is 0.183. The van der Waals surface area contributed by atoms with E-state index in [-0.39, 0.29) is 25.8 Å². The van der Waals surface area contributed by atoms with Crippen LogP contribution in [0.1, 0.15) is 65.0 Å². The highest BCUT2D eigenvalue weighted by molar-refractivity contribution is 6.06. The van der Waals surface area contributed by atoms with Crippen LogP contribution in [0.25, 0.3) is 0 Å². The van der Waals surface area contributed by atoms with Crippen LogP contribution in [0.2, 0.25) is 0 Å². The third-order valence-electron chi connectivity index (χ3n) is 10.6. The van der Waals surface area contributed by atoms with E-state index >= 15 is 0 Å². The second kappa shape index (κ2) is 19.9. The average Bonchev–Trinajstić information content (AvgIpc) is 3.68. The van der Waals surface area contributed by atoms with Gasteiger partial charge in [-0.25, -0.2) is 9.59 Å². The van der Waals surface area contributed by atoms with E-state index in [9.17, 15) is 38.7 Å². The van der Waals surface area contributed by atoms with Gasteiger partial charge in [0.25, 0.3) is 11.8 Å². The molecule has 2 heterocycles. The van der Waals surface area contributed by atoms with Gasteiger partial charge in [0.1, 0.15) is 36.5 Å². The fourth-order valence-electron chi connectivity index (χ4n) is 6.90. The fraction of sp³-hybridized carbons (Fsp3) is 0.500. The van der Waals surface area contributed by atoms with Gasteiger partial charge in [0.15, 0.2) is 6.10 Å². The molecule has 0 unspecified atom stereocenters. The van der Waals surface area contributed by atoms with Crippen LogP contribution in [0.4, 0.5) is 0 Å². The topological polar surface area (TPSA) is 192 Å². The average molecular weight is 790 g/mol. The molecule has 7 atom stereocenters. The highest BCUT2D eigenvalue weighted by Gasteiger charge is 2.44. The summed E-state index contributed by atoms with van der Waals surface area (Å²) in [5.74, 6) is -6.52. The van der Waals surface area contributed by atoms with Gasteiger partial charge in [-0.05, 0) is 68.9 Å². The first-order valence-electron chi connectivity index (χ1n) is 19.3. The minimum Gasteiger partial charge on any atom is -0.490 e. The SMILES string of the molecule is CC[C@H](C)[C@H]1C(=O)N[C@@H](Cc2ccc(OCC=C(C)C)cc2)C(=O)N(C)[C@@H](C)C(=O)O[C@@H](Cc2ccccc2)C(=O)N2CCC[C@H]2C(=O)N[C@H](C(=O)O)C(=O)N1C. The number of hydrogen-bond acceptors (Lipinski definition) is 9. The summed E-state index contributed by atoms with van der Waals surface area (Å²) in [7, 11) is 2.66. The molecule has 2 fully saturated rings. The highest BCUT2D eigenvalue weighted by atomic mass is 16.6. The number of esters is 1. The van der Waals surface area contributed by atoms with Gasteiger partial charge < -0.3 is 39.9 Å². The number of ether oxygens (including phenoxy) is 2. The molecule has 0 spiro atoms. The normalized spacial score (nSPS) is 24.7. The van der Waals surface area contributed by atoms with Crippen LogP contribution in [0.3, 0.4) is 0 Å². The molecule has 57 heavy (non-hydrogen) atoms. The molecule has 0 radical (unpaired) electrons. The number of carboxylic acids is 1. The van der Waals surface area contributed by atoms with E-state index in [4.69, 9.17) is 9.47 Å². The highest BCUT2D eigenvalue weighted by Crippen LogP contribution is 2.23. The maximum absolute atomic E-state index is 14.4. The van der Waals surface area contributed by atoms with Crippen LogP contribution >= 0.6 is 0 Å². The number of fused-ring (bicyclic) bond motifs is 1. The van der Waals surface area contributed by atoms with E-state index in [0.29, 0.717) is 36.3 Å². The van der Waals surface area contributed by atoms with Gasteiger partial charge >= 0.3 is 11.9 Å². The molecule has 0 aromatic heterocycles. The standard InChI is InChI=1S/C42H55N5O10/c1-8-26(4)35-37(49)43-31(23-29-16-18-30(19-17-29)56-22-20-25(2)3)38(50)45(6)27(5)42(55)57-33(24-28-13-10-9-11-14-28)39(51)47-21-12-15-32(47)36(48)44-34(41(53)54)40(52)46(35)7/h9-11,13-14,16-20,26-27,31-35H,8,12,15,21-24H2,1-7H3,(H,43,49)(H,44,48)(H,53,54)/t26-,27-,31-,32-,33-,34-,35-/m0/s1. The largest absolute Gasteiger partial charge is 0.490 e. The summed E-state index contributed by atoms with van der Waals surface area (Å²) in [6.07, 6.45) is 1.37. The molecule has 2 aromatic carbocycles. The summed E-state index contributed by atoms with van der Waals surface area (Å²) in [6, 6.07) is 8.73. The summed E-state index contributed by atoms with van der Waals surface area (Å²) in [5.41, 5.74) is 2.40. The fourth-order valence-corrected chi connectivity index (χ4v) is 6.90. The van der Waals surface area contributed by atoms with Crippen LogP contribution in [-0.4, -0.2) is 125 Å². The van der Waals surface area contributed by atoms with Gasteiger partial charge in [0.05, 0.1) is 0 Å². The number of aliphatic carboxylic acids is 1. The van der Waals surface area contributed by atoms with E-state index in [1.807, 2.05) is 19.9 Å². The molecule has 2 saturated heterocycles. The van der Waals surface area contributed by atoms with Gasteiger partial charge in [-0.3, -0.25) is 24.0 Å². The molecule has 0 bridgehead atoms. The lowest BCUT2D eigenvalue weighted by molar-refractivity contribution is -0.166. The number of nitrogens with zero attached hydrogens (tertiary/aromatic N) is 3. The number of hydrogen-bond donors (Lipinski definition) is 3. The number of benzene rings is 2. The minimum atomic E-state index is -2.10. The number of allylic oxidation sites excluding steroid dienone is 1. The predicted molar refractivity (Wildman–Crippen MR) is 210 cm³/mol. The van der Waals surface area contributed by atoms with Crippen LogP contribution in [0, 0.1) is 5.92 Å². The second-order valence-electron chi connectivity index (χ2n) is 15.0. The predicted octanol–water partition coefficient (Wildman–Crippen LogP) is 2.51. The van der Waals surface area contributed by atoms with E-state index in [1.165, 1.54) is 25.9 Å². The Hall–Kier alpha value is -5.73. The van der Waals surface area contributed by atoms with Crippen molar-refractivity contribution >= 4 is 41.5 Å². The number of carbonyl (C=O) groups excluding carboxylic acids is 6. The van der Waals surface area contributed by atoms with Crippen molar-refractivity contribution in [2.24, 2.45) is 5.92 Å². The first-order valence-corrected chi connectivity index (χ1v) is 19.3. The van der Waals surface area contributed by atoms with Crippen LogP contribution in [0.5, 0.6) is 5.75 Å². The molecule has 0 aliphatic carbocycles. The Morgan fingerprint density at radius 2 is 1.54 bits per heavy atom. The van der Waals surface area contributed by atoms with Crippen molar-refractivity contribution in [1.29, 1.82) is 0 Å². The Morgan fingerprint density at radius 3 is 2.16 bits per heavy atom. The smallest absolute Gasteiger partial charge is 0.336 e. The molecule has 15 heteroatoms. The van der Waals surface area contributed by atoms with Crippen LogP contribution < -0.4 is 15.4 Å². The Bertz CT molecular complexity index is 1810. The van der Waals surface area contributed by atoms with Crippen molar-refractivity contribution in [3.63, 3.8) is 0 Å². The Labute approximate surface area is 333 Å². The first kappa shape index (κ1) is 44.0. The summed E-state index contributed by atoms with van der Waals surface area (Å²) in [6.45, 7) is 9.34. The van der Waals surface area contributed by atoms with Crippen molar-refractivity contribution < 1.29 is 48.1 Å². The van der Waals surface area contributed by atoms with Gasteiger partial charge in [-0.1, -0.05) is 68.3 Å². The van der Waals surface area contributed by atoms with Crippen LogP contribution in [0.15, 0.2) is 66.2 Å². The van der Waals surface area contributed by atoms with Crippen LogP contribution in [-0.2, 0) is 51.1 Å². The zero-order chi connectivity index (χ0) is 42.0. The zero-order valence-corrected chi connectivity index (χ0v) is 33.7. The molecule has 15 nitrogen and oxygen atoms in total. The van der Waals surface area contributed by atoms with E-state index in [0.717, 1.165) is 15.4 Å². The number of cyclic esters (lactones) is 1. The van der Waals surface area contributed by atoms with Gasteiger partial charge in [0, 0.05) is 33.5 Å². The number of amides is 5. The third-order valence-corrected chi connectivity index (χ3v) is 10.6. The number of carbonyl (C=O) groups is 7. The lowest BCUT2D eigenvalue weighted by atomic mass is 9.95.